The summed E-state index contributed by atoms with van der Waals surface area (Å²) < 4.78 is 6.75. The first kappa shape index (κ1) is 14.9. The second kappa shape index (κ2) is 6.40. The highest BCUT2D eigenvalue weighted by molar-refractivity contribution is 5.75. The summed E-state index contributed by atoms with van der Waals surface area (Å²) in [6.07, 6.45) is 0. The van der Waals surface area contributed by atoms with Crippen LogP contribution in [0.15, 0.2) is 66.7 Å². The zero-order valence-electron chi connectivity index (χ0n) is 12.8. The van der Waals surface area contributed by atoms with E-state index < -0.39 is 0 Å². The molecular weight excluding hydrogens is 290 g/mol. The van der Waals surface area contributed by atoms with Crippen LogP contribution in [0.2, 0.25) is 0 Å². The molecule has 23 heavy (non-hydrogen) atoms. The van der Waals surface area contributed by atoms with Gasteiger partial charge in [-0.2, -0.15) is 0 Å². The topological polar surface area (TPSA) is 51.5 Å². The maximum Gasteiger partial charge on any atom is 0.325 e. The van der Waals surface area contributed by atoms with Crippen LogP contribution in [0.1, 0.15) is 0 Å². The molecule has 1 aromatic heterocycles. The lowest BCUT2D eigenvalue weighted by Crippen LogP contribution is -2.13. The minimum Gasteiger partial charge on any atom is -0.508 e. The molecule has 0 saturated carbocycles. The molecule has 0 saturated heterocycles. The highest BCUT2D eigenvalue weighted by Crippen LogP contribution is 2.29. The van der Waals surface area contributed by atoms with E-state index in [1.165, 1.54) is 7.11 Å². The van der Waals surface area contributed by atoms with Gasteiger partial charge in [-0.3, -0.25) is 4.79 Å². The number of aromatic nitrogens is 1. The number of phenols is 1. The normalized spacial score (nSPS) is 10.5. The summed E-state index contributed by atoms with van der Waals surface area (Å²) in [6, 6.07) is 20.8. The van der Waals surface area contributed by atoms with Gasteiger partial charge in [0, 0.05) is 11.4 Å². The maximum absolute atomic E-state index is 11.8. The summed E-state index contributed by atoms with van der Waals surface area (Å²) in [6.45, 7) is 0.129. The standard InChI is InChI=1S/C19H17NO3/c1-23-19(22)13-20-17(14-5-3-2-4-6-14)11-12-18(20)15-7-9-16(21)10-8-15/h2-12,21H,13H2,1H3. The van der Waals surface area contributed by atoms with Crippen molar-refractivity contribution in [2.45, 2.75) is 6.54 Å². The molecule has 0 aliphatic rings. The van der Waals surface area contributed by atoms with E-state index in [4.69, 9.17) is 4.74 Å². The van der Waals surface area contributed by atoms with E-state index in [0.29, 0.717) is 0 Å². The summed E-state index contributed by atoms with van der Waals surface area (Å²) in [5, 5.41) is 9.46. The van der Waals surface area contributed by atoms with E-state index in [-0.39, 0.29) is 18.3 Å². The summed E-state index contributed by atoms with van der Waals surface area (Å²) in [5.41, 5.74) is 3.80. The lowest BCUT2D eigenvalue weighted by molar-refractivity contribution is -0.141. The Kier molecular flexibility index (Phi) is 4.15. The zero-order chi connectivity index (χ0) is 16.2. The second-order valence-electron chi connectivity index (χ2n) is 5.18. The molecule has 4 heteroatoms. The van der Waals surface area contributed by atoms with Crippen molar-refractivity contribution >= 4 is 5.97 Å². The van der Waals surface area contributed by atoms with Crippen LogP contribution >= 0.6 is 0 Å². The van der Waals surface area contributed by atoms with Gasteiger partial charge in [0.1, 0.15) is 12.3 Å². The number of benzene rings is 2. The first-order chi connectivity index (χ1) is 11.2. The van der Waals surface area contributed by atoms with E-state index >= 15 is 0 Å². The minimum atomic E-state index is -0.307. The number of hydrogen-bond donors (Lipinski definition) is 1. The summed E-state index contributed by atoms with van der Waals surface area (Å²) in [7, 11) is 1.38. The van der Waals surface area contributed by atoms with Gasteiger partial charge in [-0.15, -0.1) is 0 Å². The molecule has 2 aromatic carbocycles. The van der Waals surface area contributed by atoms with Gasteiger partial charge in [-0.05, 0) is 47.5 Å². The van der Waals surface area contributed by atoms with Crippen LogP contribution in [0.3, 0.4) is 0 Å². The van der Waals surface area contributed by atoms with Crippen molar-refractivity contribution in [1.82, 2.24) is 4.57 Å². The number of carbonyl (C=O) groups excluding carboxylic acids is 1. The molecule has 0 unspecified atom stereocenters. The van der Waals surface area contributed by atoms with Crippen LogP contribution < -0.4 is 0 Å². The van der Waals surface area contributed by atoms with Crippen molar-refractivity contribution in [3.8, 4) is 28.3 Å². The Labute approximate surface area is 134 Å². The van der Waals surface area contributed by atoms with E-state index in [0.717, 1.165) is 22.5 Å². The molecule has 0 aliphatic carbocycles. The zero-order valence-corrected chi connectivity index (χ0v) is 12.8. The van der Waals surface area contributed by atoms with Crippen molar-refractivity contribution in [3.63, 3.8) is 0 Å². The molecule has 116 valence electrons. The summed E-state index contributed by atoms with van der Waals surface area (Å²) in [5.74, 6) is -0.0958. The SMILES string of the molecule is COC(=O)Cn1c(-c2ccccc2)ccc1-c1ccc(O)cc1. The molecule has 0 fully saturated rings. The number of aromatic hydroxyl groups is 1. The van der Waals surface area contributed by atoms with Crippen molar-refractivity contribution in [2.24, 2.45) is 0 Å². The highest BCUT2D eigenvalue weighted by Gasteiger charge is 2.14. The minimum absolute atomic E-state index is 0.129. The van der Waals surface area contributed by atoms with Crippen LogP contribution in [0.5, 0.6) is 5.75 Å². The molecule has 0 aliphatic heterocycles. The Morgan fingerprint density at radius 3 is 2.04 bits per heavy atom. The average Bonchev–Trinajstić information content (AvgIpc) is 2.99. The van der Waals surface area contributed by atoms with E-state index in [1.807, 2.05) is 59.2 Å². The molecule has 3 rings (SSSR count). The van der Waals surface area contributed by atoms with Crippen LogP contribution in [-0.2, 0) is 16.1 Å². The lowest BCUT2D eigenvalue weighted by Gasteiger charge is -2.13. The highest BCUT2D eigenvalue weighted by atomic mass is 16.5. The molecule has 0 bridgehead atoms. The predicted octanol–water partition coefficient (Wildman–Crippen LogP) is 3.70. The van der Waals surface area contributed by atoms with Gasteiger partial charge in [-0.1, -0.05) is 30.3 Å². The quantitative estimate of drug-likeness (QED) is 0.748. The fraction of sp³-hybridized carbons (Fsp3) is 0.105. The lowest BCUT2D eigenvalue weighted by atomic mass is 10.1. The molecule has 0 radical (unpaired) electrons. The monoisotopic (exact) mass is 307 g/mol. The number of hydrogen-bond acceptors (Lipinski definition) is 3. The van der Waals surface area contributed by atoms with Crippen molar-refractivity contribution in [2.75, 3.05) is 7.11 Å². The van der Waals surface area contributed by atoms with Crippen molar-refractivity contribution in [3.05, 3.63) is 66.7 Å². The fourth-order valence-corrected chi connectivity index (χ4v) is 2.58. The number of esters is 1. The van der Waals surface area contributed by atoms with Gasteiger partial charge in [0.2, 0.25) is 0 Å². The predicted molar refractivity (Wildman–Crippen MR) is 89.0 cm³/mol. The van der Waals surface area contributed by atoms with Gasteiger partial charge in [-0.25, -0.2) is 0 Å². The van der Waals surface area contributed by atoms with Gasteiger partial charge >= 0.3 is 5.97 Å². The van der Waals surface area contributed by atoms with Crippen molar-refractivity contribution < 1.29 is 14.6 Å². The first-order valence-electron chi connectivity index (χ1n) is 7.30. The number of ether oxygens (including phenoxy) is 1. The molecule has 0 atom stereocenters. The third-order valence-corrected chi connectivity index (χ3v) is 3.73. The summed E-state index contributed by atoms with van der Waals surface area (Å²) >= 11 is 0. The number of rotatable bonds is 4. The number of nitrogens with zero attached hydrogens (tertiary/aromatic N) is 1. The third-order valence-electron chi connectivity index (χ3n) is 3.73. The number of methoxy groups -OCH3 is 1. The molecule has 4 nitrogen and oxygen atoms in total. The molecule has 1 heterocycles. The van der Waals surface area contributed by atoms with E-state index in [2.05, 4.69) is 0 Å². The van der Waals surface area contributed by atoms with Crippen LogP contribution in [0.25, 0.3) is 22.5 Å². The van der Waals surface area contributed by atoms with Gasteiger partial charge in [0.15, 0.2) is 0 Å². The molecule has 1 N–H and O–H groups in total. The number of phenolic OH excluding ortho intramolecular Hbond substituents is 1. The Bertz CT molecular complexity index is 804. The van der Waals surface area contributed by atoms with Crippen LogP contribution in [0, 0.1) is 0 Å². The average molecular weight is 307 g/mol. The Morgan fingerprint density at radius 2 is 1.48 bits per heavy atom. The molecular formula is C19H17NO3. The van der Waals surface area contributed by atoms with Crippen molar-refractivity contribution in [1.29, 1.82) is 0 Å². The Hall–Kier alpha value is -3.01. The smallest absolute Gasteiger partial charge is 0.325 e. The van der Waals surface area contributed by atoms with Crippen LogP contribution in [0.4, 0.5) is 0 Å². The summed E-state index contributed by atoms with van der Waals surface area (Å²) in [4.78, 5) is 11.8. The number of carbonyl (C=O) groups is 1. The molecule has 0 amide bonds. The Balaban J connectivity index is 2.11. The van der Waals surface area contributed by atoms with Crippen LogP contribution in [-0.4, -0.2) is 22.8 Å². The third kappa shape index (κ3) is 3.11. The maximum atomic E-state index is 11.8. The largest absolute Gasteiger partial charge is 0.508 e. The van der Waals surface area contributed by atoms with Gasteiger partial charge in [0.05, 0.1) is 7.11 Å². The van der Waals surface area contributed by atoms with Gasteiger partial charge < -0.3 is 14.4 Å². The molecule has 0 spiro atoms. The first-order valence-corrected chi connectivity index (χ1v) is 7.30. The second-order valence-corrected chi connectivity index (χ2v) is 5.18. The van der Waals surface area contributed by atoms with E-state index in [1.54, 1.807) is 12.1 Å². The molecule has 3 aromatic rings. The van der Waals surface area contributed by atoms with Gasteiger partial charge in [0.25, 0.3) is 0 Å². The van der Waals surface area contributed by atoms with E-state index in [9.17, 15) is 9.90 Å². The fourth-order valence-electron chi connectivity index (χ4n) is 2.58. The Morgan fingerprint density at radius 1 is 0.913 bits per heavy atom.